The molecule has 1 unspecified atom stereocenters. The van der Waals surface area contributed by atoms with Gasteiger partial charge < -0.3 is 5.32 Å². The van der Waals surface area contributed by atoms with E-state index < -0.39 is 26.9 Å². The largest absolute Gasteiger partial charge is 0.323 e. The summed E-state index contributed by atoms with van der Waals surface area (Å²) in [5.41, 5.74) is -0.0370. The van der Waals surface area contributed by atoms with E-state index in [9.17, 15) is 23.3 Å². The van der Waals surface area contributed by atoms with Gasteiger partial charge in [-0.25, -0.2) is 8.42 Å². The molecule has 9 nitrogen and oxygen atoms in total. The van der Waals surface area contributed by atoms with Gasteiger partial charge in [0.2, 0.25) is 15.9 Å². The Morgan fingerprint density at radius 2 is 1.71 bits per heavy atom. The molecule has 1 fully saturated rings. The SMILES string of the molecule is CC(C(=O)Nc1cc([N+](=O)[O-])ccc1Cl)N1CCN(S(=O)(=O)c2ccc(Cl)cc2)CC1. The molecule has 1 saturated heterocycles. The van der Waals surface area contributed by atoms with Crippen molar-refractivity contribution in [3.8, 4) is 0 Å². The molecular weight excluding hydrogens is 467 g/mol. The molecule has 0 saturated carbocycles. The lowest BCUT2D eigenvalue weighted by molar-refractivity contribution is -0.384. The summed E-state index contributed by atoms with van der Waals surface area (Å²) >= 11 is 11.9. The third kappa shape index (κ3) is 5.34. The van der Waals surface area contributed by atoms with Crippen LogP contribution in [0.4, 0.5) is 11.4 Å². The first kappa shape index (κ1) is 23.4. The van der Waals surface area contributed by atoms with Crippen LogP contribution in [-0.4, -0.2) is 60.7 Å². The number of amides is 1. The average molecular weight is 487 g/mol. The first-order valence-corrected chi connectivity index (χ1v) is 11.5. The molecule has 2 aromatic carbocycles. The second-order valence-corrected chi connectivity index (χ2v) is 9.76. The van der Waals surface area contributed by atoms with Gasteiger partial charge in [0.25, 0.3) is 5.69 Å². The number of nitro groups is 1. The number of carbonyl (C=O) groups is 1. The number of halogens is 2. The van der Waals surface area contributed by atoms with E-state index in [0.717, 1.165) is 0 Å². The van der Waals surface area contributed by atoms with Gasteiger partial charge in [0.05, 0.1) is 26.6 Å². The summed E-state index contributed by atoms with van der Waals surface area (Å²) in [7, 11) is -3.65. The molecule has 1 aliphatic rings. The smallest absolute Gasteiger partial charge is 0.271 e. The predicted molar refractivity (Wildman–Crippen MR) is 118 cm³/mol. The molecule has 31 heavy (non-hydrogen) atoms. The molecule has 0 radical (unpaired) electrons. The van der Waals surface area contributed by atoms with Crippen molar-refractivity contribution in [1.82, 2.24) is 9.21 Å². The molecule has 0 aliphatic carbocycles. The molecule has 1 amide bonds. The number of hydrogen-bond donors (Lipinski definition) is 1. The zero-order valence-electron chi connectivity index (χ0n) is 16.5. The van der Waals surface area contributed by atoms with Crippen molar-refractivity contribution in [1.29, 1.82) is 0 Å². The summed E-state index contributed by atoms with van der Waals surface area (Å²) < 4.78 is 26.9. The molecule has 166 valence electrons. The van der Waals surface area contributed by atoms with E-state index in [1.807, 2.05) is 4.90 Å². The van der Waals surface area contributed by atoms with E-state index in [1.54, 1.807) is 6.92 Å². The van der Waals surface area contributed by atoms with Crippen LogP contribution < -0.4 is 5.32 Å². The summed E-state index contributed by atoms with van der Waals surface area (Å²) in [6, 6.07) is 9.18. The van der Waals surface area contributed by atoms with Gasteiger partial charge in [-0.3, -0.25) is 19.8 Å². The van der Waals surface area contributed by atoms with Gasteiger partial charge in [-0.05, 0) is 37.3 Å². The zero-order chi connectivity index (χ0) is 22.8. The van der Waals surface area contributed by atoms with Crippen LogP contribution in [0.25, 0.3) is 0 Å². The average Bonchev–Trinajstić information content (AvgIpc) is 2.75. The fourth-order valence-corrected chi connectivity index (χ4v) is 4.93. The van der Waals surface area contributed by atoms with Crippen LogP contribution in [0.5, 0.6) is 0 Å². The quantitative estimate of drug-likeness (QED) is 0.495. The van der Waals surface area contributed by atoms with Gasteiger partial charge in [0.1, 0.15) is 0 Å². The van der Waals surface area contributed by atoms with E-state index in [-0.39, 0.29) is 34.4 Å². The van der Waals surface area contributed by atoms with Crippen LogP contribution in [0.2, 0.25) is 10.0 Å². The van der Waals surface area contributed by atoms with Crippen molar-refractivity contribution in [3.05, 3.63) is 62.6 Å². The lowest BCUT2D eigenvalue weighted by Crippen LogP contribution is -2.53. The van der Waals surface area contributed by atoms with Gasteiger partial charge in [-0.1, -0.05) is 23.2 Å². The van der Waals surface area contributed by atoms with Gasteiger partial charge in [-0.15, -0.1) is 0 Å². The van der Waals surface area contributed by atoms with Crippen LogP contribution in [0.15, 0.2) is 47.4 Å². The lowest BCUT2D eigenvalue weighted by Gasteiger charge is -2.36. The minimum Gasteiger partial charge on any atom is -0.323 e. The number of anilines is 1. The Morgan fingerprint density at radius 3 is 2.29 bits per heavy atom. The highest BCUT2D eigenvalue weighted by atomic mass is 35.5. The van der Waals surface area contributed by atoms with Gasteiger partial charge >= 0.3 is 0 Å². The Kier molecular flexibility index (Phi) is 7.17. The number of benzene rings is 2. The van der Waals surface area contributed by atoms with Crippen LogP contribution in [0, 0.1) is 10.1 Å². The fourth-order valence-electron chi connectivity index (χ4n) is 3.21. The monoisotopic (exact) mass is 486 g/mol. The highest BCUT2D eigenvalue weighted by Gasteiger charge is 2.32. The van der Waals surface area contributed by atoms with E-state index >= 15 is 0 Å². The maximum atomic E-state index is 12.8. The summed E-state index contributed by atoms with van der Waals surface area (Å²) in [5.74, 6) is -0.392. The third-order valence-electron chi connectivity index (χ3n) is 5.07. The van der Waals surface area contributed by atoms with Crippen molar-refractivity contribution in [3.63, 3.8) is 0 Å². The van der Waals surface area contributed by atoms with E-state index in [0.29, 0.717) is 18.1 Å². The first-order chi connectivity index (χ1) is 14.6. The molecule has 0 bridgehead atoms. The number of nitrogens with zero attached hydrogens (tertiary/aromatic N) is 3. The van der Waals surface area contributed by atoms with Crippen LogP contribution >= 0.6 is 23.2 Å². The van der Waals surface area contributed by atoms with Crippen molar-refractivity contribution in [2.45, 2.75) is 17.9 Å². The Labute approximate surface area is 189 Å². The number of rotatable bonds is 6. The zero-order valence-corrected chi connectivity index (χ0v) is 18.8. The Balaban J connectivity index is 1.63. The van der Waals surface area contributed by atoms with E-state index in [1.165, 1.54) is 46.8 Å². The second kappa shape index (κ2) is 9.49. The molecule has 1 atom stereocenters. The van der Waals surface area contributed by atoms with Crippen LogP contribution in [-0.2, 0) is 14.8 Å². The van der Waals surface area contributed by atoms with Gasteiger partial charge in [0.15, 0.2) is 0 Å². The minimum atomic E-state index is -3.65. The van der Waals surface area contributed by atoms with Crippen molar-refractivity contribution in [2.24, 2.45) is 0 Å². The molecule has 0 spiro atoms. The molecule has 1 aliphatic heterocycles. The Bertz CT molecular complexity index is 1090. The molecule has 2 aromatic rings. The molecule has 0 aromatic heterocycles. The second-order valence-electron chi connectivity index (χ2n) is 6.98. The number of hydrogen-bond acceptors (Lipinski definition) is 6. The minimum absolute atomic E-state index is 0.150. The van der Waals surface area contributed by atoms with Gasteiger partial charge in [0, 0.05) is 43.3 Å². The third-order valence-corrected chi connectivity index (χ3v) is 7.56. The molecule has 3 rings (SSSR count). The highest BCUT2D eigenvalue weighted by Crippen LogP contribution is 2.27. The lowest BCUT2D eigenvalue weighted by atomic mass is 10.2. The summed E-state index contributed by atoms with van der Waals surface area (Å²) in [6.45, 7) is 2.83. The number of nitrogens with one attached hydrogen (secondary N) is 1. The molecule has 1 heterocycles. The number of non-ortho nitro benzene ring substituents is 1. The number of piperazine rings is 1. The standard InChI is InChI=1S/C19H20Cl2N4O5S/c1-13(19(26)22-18-12-15(25(27)28)4-7-17(18)21)23-8-10-24(11-9-23)31(29,30)16-5-2-14(20)3-6-16/h2-7,12-13H,8-11H2,1H3,(H,22,26). The molecule has 1 N–H and O–H groups in total. The molecular formula is C19H20Cl2N4O5S. The van der Waals surface area contributed by atoms with Crippen molar-refractivity contribution < 1.29 is 18.1 Å². The van der Waals surface area contributed by atoms with Crippen LogP contribution in [0.1, 0.15) is 6.92 Å². The molecule has 12 heteroatoms. The number of sulfonamides is 1. The Hall–Kier alpha value is -2.24. The normalized spacial score (nSPS) is 16.6. The van der Waals surface area contributed by atoms with E-state index in [2.05, 4.69) is 5.32 Å². The predicted octanol–water partition coefficient (Wildman–Crippen LogP) is 3.24. The van der Waals surface area contributed by atoms with Crippen molar-refractivity contribution >= 4 is 50.5 Å². The summed E-state index contributed by atoms with van der Waals surface area (Å²) in [4.78, 5) is 25.0. The highest BCUT2D eigenvalue weighted by molar-refractivity contribution is 7.89. The summed E-state index contributed by atoms with van der Waals surface area (Å²) in [6.07, 6.45) is 0. The fraction of sp³-hybridized carbons (Fsp3) is 0.316. The summed E-state index contributed by atoms with van der Waals surface area (Å²) in [5, 5.41) is 14.2. The maximum absolute atomic E-state index is 12.8. The van der Waals surface area contributed by atoms with Gasteiger partial charge in [-0.2, -0.15) is 4.31 Å². The van der Waals surface area contributed by atoms with Crippen molar-refractivity contribution in [2.75, 3.05) is 31.5 Å². The number of carbonyl (C=O) groups excluding carboxylic acids is 1. The Morgan fingerprint density at radius 1 is 1.10 bits per heavy atom. The van der Waals surface area contributed by atoms with E-state index in [4.69, 9.17) is 23.2 Å². The first-order valence-electron chi connectivity index (χ1n) is 9.34. The number of nitro benzene ring substituents is 1. The van der Waals surface area contributed by atoms with Crippen LogP contribution in [0.3, 0.4) is 0 Å². The maximum Gasteiger partial charge on any atom is 0.271 e. The topological polar surface area (TPSA) is 113 Å².